The second kappa shape index (κ2) is 6.44. The van der Waals surface area contributed by atoms with Crippen LogP contribution in [0.2, 0.25) is 0 Å². The number of nitrogens with zero attached hydrogens (tertiary/aromatic N) is 1. The first kappa shape index (κ1) is 15.0. The number of esters is 1. The molecule has 0 fully saturated rings. The maximum Gasteiger partial charge on any atom is 0.377 e. The van der Waals surface area contributed by atoms with E-state index in [0.717, 1.165) is 5.56 Å². The smallest absolute Gasteiger partial charge is 0.377 e. The molecule has 0 saturated carbocycles. The Balaban J connectivity index is 2.17. The van der Waals surface area contributed by atoms with Crippen molar-refractivity contribution in [2.75, 3.05) is 6.61 Å². The van der Waals surface area contributed by atoms with E-state index >= 15 is 0 Å². The van der Waals surface area contributed by atoms with Crippen molar-refractivity contribution in [3.8, 4) is 22.4 Å². The first-order valence-electron chi connectivity index (χ1n) is 7.19. The Morgan fingerprint density at radius 2 is 1.78 bits per heavy atom. The third-order valence-corrected chi connectivity index (χ3v) is 3.33. The first-order valence-corrected chi connectivity index (χ1v) is 7.19. The molecule has 0 radical (unpaired) electrons. The van der Waals surface area contributed by atoms with E-state index in [9.17, 15) is 9.18 Å². The average molecular weight is 311 g/mol. The molecule has 0 saturated heterocycles. The lowest BCUT2D eigenvalue weighted by Gasteiger charge is -2.04. The van der Waals surface area contributed by atoms with E-state index in [0.29, 0.717) is 16.8 Å². The standard InChI is InChI=1S/C18H14FNO3/c1-2-22-18(21)17-15(12-6-4-3-5-7-12)16(20-23-17)13-8-10-14(19)11-9-13/h3-11H,2H2,1H3. The number of carbonyl (C=O) groups is 1. The molecular formula is C18H14FNO3. The Morgan fingerprint density at radius 3 is 2.43 bits per heavy atom. The predicted molar refractivity (Wildman–Crippen MR) is 83.3 cm³/mol. The van der Waals surface area contributed by atoms with Gasteiger partial charge in [0.15, 0.2) is 0 Å². The van der Waals surface area contributed by atoms with Gasteiger partial charge in [0.1, 0.15) is 11.5 Å². The Hall–Kier alpha value is -2.95. The van der Waals surface area contributed by atoms with Gasteiger partial charge in [-0.1, -0.05) is 35.5 Å². The van der Waals surface area contributed by atoms with Crippen molar-refractivity contribution in [1.29, 1.82) is 0 Å². The van der Waals surface area contributed by atoms with Gasteiger partial charge in [-0.15, -0.1) is 0 Å². The molecule has 2 aromatic carbocycles. The number of ether oxygens (including phenoxy) is 1. The summed E-state index contributed by atoms with van der Waals surface area (Å²) in [5.41, 5.74) is 2.44. The van der Waals surface area contributed by atoms with Crippen molar-refractivity contribution in [3.05, 3.63) is 66.2 Å². The van der Waals surface area contributed by atoms with Crippen molar-refractivity contribution in [3.63, 3.8) is 0 Å². The van der Waals surface area contributed by atoms with Crippen LogP contribution >= 0.6 is 0 Å². The number of rotatable bonds is 4. The summed E-state index contributed by atoms with van der Waals surface area (Å²) in [6.07, 6.45) is 0. The molecule has 5 heteroatoms. The lowest BCUT2D eigenvalue weighted by molar-refractivity contribution is 0.0481. The molecular weight excluding hydrogens is 297 g/mol. The number of hydrogen-bond acceptors (Lipinski definition) is 4. The summed E-state index contributed by atoms with van der Waals surface area (Å²) in [5, 5.41) is 4.00. The normalized spacial score (nSPS) is 10.5. The second-order valence-electron chi connectivity index (χ2n) is 4.83. The third kappa shape index (κ3) is 2.99. The van der Waals surface area contributed by atoms with E-state index in [4.69, 9.17) is 9.26 Å². The van der Waals surface area contributed by atoms with E-state index < -0.39 is 5.97 Å². The van der Waals surface area contributed by atoms with Crippen LogP contribution in [0.4, 0.5) is 4.39 Å². The van der Waals surface area contributed by atoms with E-state index in [1.807, 2.05) is 30.3 Å². The summed E-state index contributed by atoms with van der Waals surface area (Å²) in [6, 6.07) is 15.1. The van der Waals surface area contributed by atoms with Gasteiger partial charge < -0.3 is 9.26 Å². The van der Waals surface area contributed by atoms with E-state index in [-0.39, 0.29) is 18.2 Å². The quantitative estimate of drug-likeness (QED) is 0.673. The van der Waals surface area contributed by atoms with Crippen LogP contribution in [0.1, 0.15) is 17.5 Å². The van der Waals surface area contributed by atoms with Crippen molar-refractivity contribution in [1.82, 2.24) is 5.16 Å². The van der Waals surface area contributed by atoms with Crippen LogP contribution in [0.25, 0.3) is 22.4 Å². The molecule has 4 nitrogen and oxygen atoms in total. The predicted octanol–water partition coefficient (Wildman–Crippen LogP) is 4.32. The van der Waals surface area contributed by atoms with Gasteiger partial charge in [-0.3, -0.25) is 0 Å². The van der Waals surface area contributed by atoms with Crippen LogP contribution in [-0.2, 0) is 4.74 Å². The molecule has 1 heterocycles. The molecule has 3 aromatic rings. The van der Waals surface area contributed by atoms with Crippen LogP contribution in [0.5, 0.6) is 0 Å². The average Bonchev–Trinajstić information content (AvgIpc) is 3.01. The Labute approximate surface area is 132 Å². The minimum absolute atomic E-state index is 0.0392. The second-order valence-corrected chi connectivity index (χ2v) is 4.83. The minimum Gasteiger partial charge on any atom is -0.460 e. The zero-order valence-electron chi connectivity index (χ0n) is 12.5. The van der Waals surface area contributed by atoms with Gasteiger partial charge in [-0.05, 0) is 36.8 Å². The number of benzene rings is 2. The van der Waals surface area contributed by atoms with Gasteiger partial charge in [0, 0.05) is 5.56 Å². The molecule has 0 aliphatic rings. The van der Waals surface area contributed by atoms with Crippen molar-refractivity contribution in [2.24, 2.45) is 0 Å². The van der Waals surface area contributed by atoms with Crippen LogP contribution in [-0.4, -0.2) is 17.7 Å². The van der Waals surface area contributed by atoms with Gasteiger partial charge in [-0.25, -0.2) is 9.18 Å². The molecule has 0 aliphatic carbocycles. The van der Waals surface area contributed by atoms with Crippen molar-refractivity contribution >= 4 is 5.97 Å². The van der Waals surface area contributed by atoms with Crippen LogP contribution in [0.3, 0.4) is 0 Å². The lowest BCUT2D eigenvalue weighted by Crippen LogP contribution is -2.04. The summed E-state index contributed by atoms with van der Waals surface area (Å²) in [6.45, 7) is 1.96. The highest BCUT2D eigenvalue weighted by atomic mass is 19.1. The monoisotopic (exact) mass is 311 g/mol. The van der Waals surface area contributed by atoms with Gasteiger partial charge >= 0.3 is 5.97 Å². The fourth-order valence-corrected chi connectivity index (χ4v) is 2.30. The highest BCUT2D eigenvalue weighted by Crippen LogP contribution is 2.34. The molecule has 0 spiro atoms. The molecule has 1 aromatic heterocycles. The number of carbonyl (C=O) groups excluding carboxylic acids is 1. The summed E-state index contributed by atoms with van der Waals surface area (Å²) in [4.78, 5) is 12.1. The molecule has 0 bridgehead atoms. The molecule has 23 heavy (non-hydrogen) atoms. The first-order chi connectivity index (χ1) is 11.2. The van der Waals surface area contributed by atoms with Crippen LogP contribution in [0, 0.1) is 5.82 Å². The zero-order chi connectivity index (χ0) is 16.2. The molecule has 0 atom stereocenters. The fourth-order valence-electron chi connectivity index (χ4n) is 2.30. The van der Waals surface area contributed by atoms with E-state index in [1.165, 1.54) is 12.1 Å². The fraction of sp³-hybridized carbons (Fsp3) is 0.111. The Kier molecular flexibility index (Phi) is 4.19. The summed E-state index contributed by atoms with van der Waals surface area (Å²) < 4.78 is 23.4. The van der Waals surface area contributed by atoms with Crippen molar-refractivity contribution in [2.45, 2.75) is 6.92 Å². The molecule has 0 amide bonds. The summed E-state index contributed by atoms with van der Waals surface area (Å²) in [7, 11) is 0. The molecule has 3 rings (SSSR count). The maximum absolute atomic E-state index is 13.1. The minimum atomic E-state index is -0.577. The molecule has 116 valence electrons. The maximum atomic E-state index is 13.1. The summed E-state index contributed by atoms with van der Waals surface area (Å²) >= 11 is 0. The zero-order valence-corrected chi connectivity index (χ0v) is 12.5. The molecule has 0 unspecified atom stereocenters. The van der Waals surface area contributed by atoms with Gasteiger partial charge in [-0.2, -0.15) is 0 Å². The number of halogens is 1. The lowest BCUT2D eigenvalue weighted by atomic mass is 9.99. The van der Waals surface area contributed by atoms with Crippen molar-refractivity contribution < 1.29 is 18.4 Å². The largest absolute Gasteiger partial charge is 0.460 e. The SMILES string of the molecule is CCOC(=O)c1onc(-c2ccc(F)cc2)c1-c1ccccc1. The number of hydrogen-bond donors (Lipinski definition) is 0. The van der Waals surface area contributed by atoms with Gasteiger partial charge in [0.2, 0.25) is 0 Å². The molecule has 0 N–H and O–H groups in total. The van der Waals surface area contributed by atoms with E-state index in [2.05, 4.69) is 5.16 Å². The highest BCUT2D eigenvalue weighted by molar-refractivity contribution is 5.98. The van der Waals surface area contributed by atoms with Gasteiger partial charge in [0.05, 0.1) is 12.2 Å². The topological polar surface area (TPSA) is 52.3 Å². The molecule has 0 aliphatic heterocycles. The summed E-state index contributed by atoms with van der Waals surface area (Å²) in [5.74, 6) is -0.881. The number of aromatic nitrogens is 1. The van der Waals surface area contributed by atoms with Gasteiger partial charge in [0.25, 0.3) is 5.76 Å². The Bertz CT molecular complexity index is 810. The highest BCUT2D eigenvalue weighted by Gasteiger charge is 2.25. The van der Waals surface area contributed by atoms with Crippen LogP contribution in [0.15, 0.2) is 59.1 Å². The Morgan fingerprint density at radius 1 is 1.09 bits per heavy atom. The third-order valence-electron chi connectivity index (χ3n) is 3.33. The van der Waals surface area contributed by atoms with E-state index in [1.54, 1.807) is 19.1 Å². The van der Waals surface area contributed by atoms with Crippen LogP contribution < -0.4 is 0 Å².